The summed E-state index contributed by atoms with van der Waals surface area (Å²) in [5, 5.41) is 9.37. The summed E-state index contributed by atoms with van der Waals surface area (Å²) in [5.41, 5.74) is -0.00992. The van der Waals surface area contributed by atoms with Gasteiger partial charge in [-0.15, -0.1) is 0 Å². The standard InChI is InChI=1S/C14H23NO3/c1-13(2,3)6-9(16)15-7-8-10(14(8,4)5)11(15)12(17)18/h8,10-11H,6-7H2,1-5H3,(H,17,18)/t8?,10?,11-/m0/s1. The number of nitrogens with zero attached hydrogens (tertiary/aromatic N) is 1. The van der Waals surface area contributed by atoms with Crippen LogP contribution in [0.2, 0.25) is 0 Å². The molecule has 0 bridgehead atoms. The van der Waals surface area contributed by atoms with Crippen LogP contribution >= 0.6 is 0 Å². The Morgan fingerprint density at radius 1 is 1.33 bits per heavy atom. The molecule has 2 aliphatic rings. The van der Waals surface area contributed by atoms with Gasteiger partial charge in [0.15, 0.2) is 0 Å². The van der Waals surface area contributed by atoms with Crippen LogP contribution in [0.25, 0.3) is 0 Å². The molecule has 3 atom stereocenters. The van der Waals surface area contributed by atoms with Crippen molar-refractivity contribution in [2.24, 2.45) is 22.7 Å². The molecule has 4 nitrogen and oxygen atoms in total. The lowest BCUT2D eigenvalue weighted by atomic mass is 9.91. The van der Waals surface area contributed by atoms with Crippen molar-refractivity contribution in [3.63, 3.8) is 0 Å². The topological polar surface area (TPSA) is 57.6 Å². The van der Waals surface area contributed by atoms with E-state index >= 15 is 0 Å². The van der Waals surface area contributed by atoms with Crippen molar-refractivity contribution in [3.05, 3.63) is 0 Å². The smallest absolute Gasteiger partial charge is 0.326 e. The maximum atomic E-state index is 12.2. The highest BCUT2D eigenvalue weighted by Gasteiger charge is 2.69. The normalized spacial score (nSPS) is 33.2. The second-order valence-corrected chi connectivity index (χ2v) is 7.52. The number of carbonyl (C=O) groups excluding carboxylic acids is 1. The fourth-order valence-corrected chi connectivity index (χ4v) is 3.38. The summed E-state index contributed by atoms with van der Waals surface area (Å²) in [6.07, 6.45) is 0.413. The van der Waals surface area contributed by atoms with Gasteiger partial charge in [-0.1, -0.05) is 34.6 Å². The molecule has 1 N–H and O–H groups in total. The van der Waals surface area contributed by atoms with E-state index in [1.54, 1.807) is 4.90 Å². The molecule has 1 saturated carbocycles. The van der Waals surface area contributed by atoms with Gasteiger partial charge in [0.05, 0.1) is 0 Å². The molecule has 2 unspecified atom stereocenters. The third kappa shape index (κ3) is 2.02. The molecule has 2 rings (SSSR count). The van der Waals surface area contributed by atoms with Crippen LogP contribution < -0.4 is 0 Å². The maximum Gasteiger partial charge on any atom is 0.326 e. The quantitative estimate of drug-likeness (QED) is 0.818. The van der Waals surface area contributed by atoms with Gasteiger partial charge in [0.25, 0.3) is 0 Å². The van der Waals surface area contributed by atoms with Gasteiger partial charge in [0.1, 0.15) is 6.04 Å². The van der Waals surface area contributed by atoms with Crippen LogP contribution in [0.3, 0.4) is 0 Å². The van der Waals surface area contributed by atoms with Crippen molar-refractivity contribution in [2.75, 3.05) is 6.54 Å². The molecule has 0 aromatic carbocycles. The number of aliphatic carboxylic acids is 1. The van der Waals surface area contributed by atoms with E-state index in [0.717, 1.165) is 0 Å². The highest BCUT2D eigenvalue weighted by atomic mass is 16.4. The minimum absolute atomic E-state index is 0.0158. The van der Waals surface area contributed by atoms with Crippen LogP contribution in [-0.4, -0.2) is 34.5 Å². The molecule has 1 aliphatic carbocycles. The molecule has 102 valence electrons. The van der Waals surface area contributed by atoms with E-state index in [1.165, 1.54) is 0 Å². The Kier molecular flexibility index (Phi) is 2.76. The molecule has 0 aromatic heterocycles. The third-order valence-electron chi connectivity index (χ3n) is 4.46. The summed E-state index contributed by atoms with van der Waals surface area (Å²) >= 11 is 0. The van der Waals surface area contributed by atoms with Gasteiger partial charge in [-0.25, -0.2) is 4.79 Å². The Bertz CT molecular complexity index is 394. The molecular formula is C14H23NO3. The fourth-order valence-electron chi connectivity index (χ4n) is 3.38. The number of rotatable bonds is 2. The molecule has 1 heterocycles. The second kappa shape index (κ2) is 3.72. The van der Waals surface area contributed by atoms with Crippen molar-refractivity contribution in [1.29, 1.82) is 0 Å². The third-order valence-corrected chi connectivity index (χ3v) is 4.46. The van der Waals surface area contributed by atoms with Crippen molar-refractivity contribution >= 4 is 11.9 Å². The molecule has 0 aromatic rings. The number of amides is 1. The first-order chi connectivity index (χ1) is 8.05. The van der Waals surface area contributed by atoms with E-state index in [1.807, 2.05) is 20.8 Å². The number of carboxylic acids is 1. The number of carboxylic acid groups (broad SMARTS) is 1. The van der Waals surface area contributed by atoms with Gasteiger partial charge < -0.3 is 10.0 Å². The number of piperidine rings is 1. The lowest BCUT2D eigenvalue weighted by molar-refractivity contribution is -0.151. The van der Waals surface area contributed by atoms with Gasteiger partial charge in [-0.05, 0) is 16.7 Å². The van der Waals surface area contributed by atoms with Crippen molar-refractivity contribution in [1.82, 2.24) is 4.90 Å². The van der Waals surface area contributed by atoms with Crippen LogP contribution in [0, 0.1) is 22.7 Å². The van der Waals surface area contributed by atoms with Gasteiger partial charge in [0, 0.05) is 18.9 Å². The zero-order valence-corrected chi connectivity index (χ0v) is 11.9. The summed E-state index contributed by atoms with van der Waals surface area (Å²) in [5.74, 6) is -0.366. The maximum absolute atomic E-state index is 12.2. The van der Waals surface area contributed by atoms with Crippen LogP contribution in [0.15, 0.2) is 0 Å². The van der Waals surface area contributed by atoms with E-state index in [9.17, 15) is 14.7 Å². The van der Waals surface area contributed by atoms with Crippen LogP contribution in [0.4, 0.5) is 0 Å². The molecule has 4 heteroatoms. The molecule has 1 saturated heterocycles. The summed E-state index contributed by atoms with van der Waals surface area (Å²) in [4.78, 5) is 25.2. The minimum Gasteiger partial charge on any atom is -0.480 e. The number of fused-ring (bicyclic) bond motifs is 1. The van der Waals surface area contributed by atoms with E-state index in [4.69, 9.17) is 0 Å². The molecular weight excluding hydrogens is 230 g/mol. The van der Waals surface area contributed by atoms with Gasteiger partial charge >= 0.3 is 5.97 Å². The Balaban J connectivity index is 2.12. The number of carbonyl (C=O) groups is 2. The highest BCUT2D eigenvalue weighted by molar-refractivity contribution is 5.86. The van der Waals surface area contributed by atoms with Gasteiger partial charge in [0.2, 0.25) is 5.91 Å². The molecule has 1 amide bonds. The van der Waals surface area contributed by atoms with E-state index in [2.05, 4.69) is 13.8 Å². The Morgan fingerprint density at radius 3 is 2.33 bits per heavy atom. The minimum atomic E-state index is -0.852. The van der Waals surface area contributed by atoms with Gasteiger partial charge in [-0.2, -0.15) is 0 Å². The van der Waals surface area contributed by atoms with Crippen molar-refractivity contribution in [2.45, 2.75) is 47.1 Å². The zero-order valence-electron chi connectivity index (χ0n) is 11.9. The largest absolute Gasteiger partial charge is 0.480 e. The second-order valence-electron chi connectivity index (χ2n) is 7.52. The first kappa shape index (κ1) is 13.4. The Labute approximate surface area is 108 Å². The average molecular weight is 253 g/mol. The van der Waals surface area contributed by atoms with Crippen LogP contribution in [0.5, 0.6) is 0 Å². The lowest BCUT2D eigenvalue weighted by Crippen LogP contribution is -2.46. The van der Waals surface area contributed by atoms with Crippen molar-refractivity contribution < 1.29 is 14.7 Å². The summed E-state index contributed by atoms with van der Waals surface area (Å²) in [7, 11) is 0. The summed E-state index contributed by atoms with van der Waals surface area (Å²) in [6, 6.07) is -0.611. The average Bonchev–Trinajstić information content (AvgIpc) is 2.59. The van der Waals surface area contributed by atoms with Crippen LogP contribution in [-0.2, 0) is 9.59 Å². The number of likely N-dealkylation sites (tertiary alicyclic amines) is 1. The summed E-state index contributed by atoms with van der Waals surface area (Å²) in [6.45, 7) is 10.8. The predicted molar refractivity (Wildman–Crippen MR) is 68.0 cm³/mol. The SMILES string of the molecule is CC(C)(C)CC(=O)N1CC2C([C@H]1C(=O)O)C2(C)C. The number of hydrogen-bond donors (Lipinski definition) is 1. The molecule has 2 fully saturated rings. The van der Waals surface area contributed by atoms with E-state index < -0.39 is 12.0 Å². The predicted octanol–water partition coefficient (Wildman–Crippen LogP) is 1.99. The van der Waals surface area contributed by atoms with Crippen LogP contribution in [0.1, 0.15) is 41.0 Å². The molecule has 1 aliphatic heterocycles. The van der Waals surface area contributed by atoms with Gasteiger partial charge in [-0.3, -0.25) is 4.79 Å². The molecule has 18 heavy (non-hydrogen) atoms. The first-order valence-electron chi connectivity index (χ1n) is 6.58. The Morgan fingerprint density at radius 2 is 1.89 bits per heavy atom. The number of hydrogen-bond acceptors (Lipinski definition) is 2. The molecule has 0 radical (unpaired) electrons. The Hall–Kier alpha value is -1.06. The van der Waals surface area contributed by atoms with Crippen molar-refractivity contribution in [3.8, 4) is 0 Å². The first-order valence-corrected chi connectivity index (χ1v) is 6.58. The summed E-state index contributed by atoms with van der Waals surface area (Å²) < 4.78 is 0. The monoisotopic (exact) mass is 253 g/mol. The van der Waals surface area contributed by atoms with E-state index in [0.29, 0.717) is 18.9 Å². The lowest BCUT2D eigenvalue weighted by Gasteiger charge is -2.30. The molecule has 0 spiro atoms. The zero-order chi connectivity index (χ0) is 13.9. The fraction of sp³-hybridized carbons (Fsp3) is 0.857. The van der Waals surface area contributed by atoms with E-state index in [-0.39, 0.29) is 22.7 Å². The highest BCUT2D eigenvalue weighted by Crippen LogP contribution is 2.64.